The maximum atomic E-state index is 11.4. The van der Waals surface area contributed by atoms with Crippen molar-refractivity contribution in [2.24, 2.45) is 27.8 Å². The molecular weight excluding hydrogens is 188 g/mol. The highest BCUT2D eigenvalue weighted by Gasteiger charge is 2.65. The minimum Gasteiger partial charge on any atom is -0.273 e. The van der Waals surface area contributed by atoms with E-state index in [4.69, 9.17) is 0 Å². The number of carbonyl (C=O) groups excluding carboxylic acids is 1. The maximum absolute atomic E-state index is 11.4. The van der Waals surface area contributed by atoms with Crippen LogP contribution in [0.1, 0.15) is 40.0 Å². The van der Waals surface area contributed by atoms with Crippen molar-refractivity contribution in [2.75, 3.05) is 0 Å². The van der Waals surface area contributed by atoms with Gasteiger partial charge < -0.3 is 0 Å². The van der Waals surface area contributed by atoms with Crippen LogP contribution in [-0.2, 0) is 4.79 Å². The highest BCUT2D eigenvalue weighted by Crippen LogP contribution is 2.67. The molecule has 15 heavy (non-hydrogen) atoms. The van der Waals surface area contributed by atoms with Crippen LogP contribution in [0.3, 0.4) is 0 Å². The molecule has 0 radical (unpaired) electrons. The van der Waals surface area contributed by atoms with E-state index in [0.29, 0.717) is 23.7 Å². The van der Waals surface area contributed by atoms with Crippen molar-refractivity contribution in [1.82, 2.24) is 5.43 Å². The fraction of sp³-hybridized carbons (Fsp3) is 0.833. The first-order chi connectivity index (χ1) is 6.97. The first kappa shape index (κ1) is 9.37. The molecule has 2 aliphatic carbocycles. The number of nitrogens with one attached hydrogen (secondary N) is 1. The van der Waals surface area contributed by atoms with E-state index in [2.05, 4.69) is 31.3 Å². The second kappa shape index (κ2) is 2.45. The summed E-state index contributed by atoms with van der Waals surface area (Å²) in [5.74, 6) is 1.18. The second-order valence-corrected chi connectivity index (χ2v) is 6.04. The number of hydrazone groups is 1. The highest BCUT2D eigenvalue weighted by atomic mass is 16.2. The van der Waals surface area contributed by atoms with Gasteiger partial charge in [-0.25, -0.2) is 5.43 Å². The fourth-order valence-electron chi connectivity index (χ4n) is 4.11. The third-order valence-electron chi connectivity index (χ3n) is 5.41. The van der Waals surface area contributed by atoms with Gasteiger partial charge in [0.05, 0.1) is 0 Å². The summed E-state index contributed by atoms with van der Waals surface area (Å²) in [6.45, 7) is 7.01. The van der Waals surface area contributed by atoms with E-state index in [0.717, 1.165) is 0 Å². The van der Waals surface area contributed by atoms with Crippen molar-refractivity contribution in [3.8, 4) is 0 Å². The summed E-state index contributed by atoms with van der Waals surface area (Å²) >= 11 is 0. The lowest BCUT2D eigenvalue weighted by Gasteiger charge is -2.35. The first-order valence-electron chi connectivity index (χ1n) is 5.84. The van der Waals surface area contributed by atoms with Crippen molar-refractivity contribution in [2.45, 2.75) is 40.0 Å². The van der Waals surface area contributed by atoms with Crippen LogP contribution < -0.4 is 5.43 Å². The summed E-state index contributed by atoms with van der Waals surface area (Å²) in [5.41, 5.74) is 4.44. The SMILES string of the molecule is CC1(C)[C@H]2CC[C@]1(C)C1=NNC(=O)CC12. The number of fused-ring (bicyclic) bond motifs is 5. The van der Waals surface area contributed by atoms with Crippen LogP contribution in [0.4, 0.5) is 0 Å². The van der Waals surface area contributed by atoms with Crippen LogP contribution in [0.5, 0.6) is 0 Å². The van der Waals surface area contributed by atoms with Gasteiger partial charge in [0, 0.05) is 23.5 Å². The largest absolute Gasteiger partial charge is 0.273 e. The van der Waals surface area contributed by atoms with Crippen LogP contribution in [0, 0.1) is 22.7 Å². The number of carbonyl (C=O) groups is 1. The second-order valence-electron chi connectivity index (χ2n) is 6.04. The average molecular weight is 206 g/mol. The molecule has 0 aromatic heterocycles. The number of rotatable bonds is 0. The monoisotopic (exact) mass is 206 g/mol. The van der Waals surface area contributed by atoms with E-state index in [9.17, 15) is 4.79 Å². The molecule has 0 aromatic rings. The molecule has 82 valence electrons. The van der Waals surface area contributed by atoms with Gasteiger partial charge in [0.15, 0.2) is 0 Å². The van der Waals surface area contributed by atoms with Gasteiger partial charge in [-0.3, -0.25) is 4.79 Å². The molecule has 3 rings (SSSR count). The van der Waals surface area contributed by atoms with E-state index >= 15 is 0 Å². The summed E-state index contributed by atoms with van der Waals surface area (Å²) in [7, 11) is 0. The number of hydrogen-bond donors (Lipinski definition) is 1. The Morgan fingerprint density at radius 1 is 1.40 bits per heavy atom. The average Bonchev–Trinajstić information content (AvgIpc) is 2.47. The zero-order valence-electron chi connectivity index (χ0n) is 9.63. The molecule has 1 unspecified atom stereocenters. The molecule has 0 aromatic carbocycles. The summed E-state index contributed by atoms with van der Waals surface area (Å²) in [4.78, 5) is 11.4. The molecule has 2 saturated carbocycles. The summed E-state index contributed by atoms with van der Waals surface area (Å²) in [6.07, 6.45) is 3.15. The Balaban J connectivity index is 2.12. The van der Waals surface area contributed by atoms with Gasteiger partial charge in [0.1, 0.15) is 0 Å². The lowest BCUT2D eigenvalue weighted by molar-refractivity contribution is -0.122. The molecule has 1 amide bonds. The zero-order chi connectivity index (χ0) is 10.8. The Morgan fingerprint density at radius 3 is 2.87 bits per heavy atom. The summed E-state index contributed by atoms with van der Waals surface area (Å²) < 4.78 is 0. The molecule has 3 atom stereocenters. The minimum absolute atomic E-state index is 0.0932. The predicted molar refractivity (Wildman–Crippen MR) is 58.3 cm³/mol. The Kier molecular flexibility index (Phi) is 1.53. The topological polar surface area (TPSA) is 41.5 Å². The van der Waals surface area contributed by atoms with Gasteiger partial charge in [0.2, 0.25) is 5.91 Å². The fourth-order valence-corrected chi connectivity index (χ4v) is 4.11. The molecule has 3 nitrogen and oxygen atoms in total. The molecule has 1 heterocycles. The molecule has 0 spiro atoms. The van der Waals surface area contributed by atoms with Gasteiger partial charge in [-0.05, 0) is 24.2 Å². The quantitative estimate of drug-likeness (QED) is 0.646. The zero-order valence-corrected chi connectivity index (χ0v) is 9.63. The highest BCUT2D eigenvalue weighted by molar-refractivity contribution is 6.01. The van der Waals surface area contributed by atoms with Gasteiger partial charge in [-0.2, -0.15) is 5.10 Å². The van der Waals surface area contributed by atoms with Crippen molar-refractivity contribution in [3.63, 3.8) is 0 Å². The maximum Gasteiger partial charge on any atom is 0.240 e. The van der Waals surface area contributed by atoms with Crippen LogP contribution >= 0.6 is 0 Å². The van der Waals surface area contributed by atoms with Crippen LogP contribution in [0.25, 0.3) is 0 Å². The van der Waals surface area contributed by atoms with Crippen LogP contribution in [0.15, 0.2) is 5.10 Å². The molecule has 3 aliphatic rings. The molecule has 3 heteroatoms. The van der Waals surface area contributed by atoms with Crippen molar-refractivity contribution in [3.05, 3.63) is 0 Å². The first-order valence-corrected chi connectivity index (χ1v) is 5.84. The van der Waals surface area contributed by atoms with E-state index in [-0.39, 0.29) is 11.3 Å². The Bertz CT molecular complexity index is 372. The van der Waals surface area contributed by atoms with Gasteiger partial charge in [0.25, 0.3) is 0 Å². The Morgan fingerprint density at radius 2 is 2.13 bits per heavy atom. The minimum atomic E-state index is 0.0932. The molecule has 2 bridgehead atoms. The summed E-state index contributed by atoms with van der Waals surface area (Å²) in [5, 5.41) is 4.34. The van der Waals surface area contributed by atoms with Crippen LogP contribution in [0.2, 0.25) is 0 Å². The van der Waals surface area contributed by atoms with E-state index in [1.54, 1.807) is 0 Å². The van der Waals surface area contributed by atoms with E-state index in [1.165, 1.54) is 18.6 Å². The molecule has 2 fully saturated rings. The molecular formula is C12H18N2O. The smallest absolute Gasteiger partial charge is 0.240 e. The molecule has 0 saturated heterocycles. The van der Waals surface area contributed by atoms with Crippen molar-refractivity contribution >= 4 is 11.6 Å². The lowest BCUT2D eigenvalue weighted by atomic mass is 9.70. The van der Waals surface area contributed by atoms with Crippen LogP contribution in [-0.4, -0.2) is 11.6 Å². The van der Waals surface area contributed by atoms with E-state index in [1.807, 2.05) is 0 Å². The normalized spacial score (nSPS) is 46.1. The standard InChI is InChI=1S/C12H18N2O/c1-11(2)8-4-5-12(11,3)10-7(8)6-9(15)13-14-10/h7-8H,4-6H2,1-3H3,(H,13,15)/t7?,8-,12+/m0/s1. The van der Waals surface area contributed by atoms with Gasteiger partial charge >= 0.3 is 0 Å². The molecule has 1 aliphatic heterocycles. The van der Waals surface area contributed by atoms with E-state index < -0.39 is 0 Å². The van der Waals surface area contributed by atoms with Crippen molar-refractivity contribution < 1.29 is 4.79 Å². The number of amides is 1. The summed E-state index contributed by atoms with van der Waals surface area (Å²) in [6, 6.07) is 0. The Labute approximate surface area is 90.3 Å². The third-order valence-corrected chi connectivity index (χ3v) is 5.41. The lowest BCUT2D eigenvalue weighted by Crippen LogP contribution is -2.40. The van der Waals surface area contributed by atoms with Crippen molar-refractivity contribution in [1.29, 1.82) is 0 Å². The third kappa shape index (κ3) is 0.876. The Hall–Kier alpha value is -0.860. The predicted octanol–water partition coefficient (Wildman–Crippen LogP) is 1.93. The van der Waals surface area contributed by atoms with Gasteiger partial charge in [-0.1, -0.05) is 20.8 Å². The number of hydrogen-bond acceptors (Lipinski definition) is 2. The van der Waals surface area contributed by atoms with Gasteiger partial charge in [-0.15, -0.1) is 0 Å². The molecule has 1 N–H and O–H groups in total. The number of nitrogens with zero attached hydrogens (tertiary/aromatic N) is 1.